The average molecular weight is 225 g/mol. The van der Waals surface area contributed by atoms with Gasteiger partial charge in [0.2, 0.25) is 0 Å². The lowest BCUT2D eigenvalue weighted by molar-refractivity contribution is 0.519. The molecule has 0 saturated carbocycles. The van der Waals surface area contributed by atoms with Crippen molar-refractivity contribution in [2.24, 2.45) is 0 Å². The molecule has 0 unspecified atom stereocenters. The number of hydrogen-bond acceptors (Lipinski definition) is 3. The molecule has 0 amide bonds. The van der Waals surface area contributed by atoms with E-state index in [1.807, 2.05) is 0 Å². The van der Waals surface area contributed by atoms with E-state index in [0.29, 0.717) is 23.7 Å². The molecule has 0 aromatic carbocycles. The highest BCUT2D eigenvalue weighted by atomic mass is 35.5. The first-order chi connectivity index (χ1) is 7.33. The Hall–Kier alpha value is -1.55. The minimum absolute atomic E-state index is 0.400. The van der Waals surface area contributed by atoms with Gasteiger partial charge in [-0.2, -0.15) is 0 Å². The van der Waals surface area contributed by atoms with Crippen molar-refractivity contribution in [3.05, 3.63) is 41.0 Å². The normalized spacial score (nSPS) is 11.5. The zero-order valence-electron chi connectivity index (χ0n) is 7.89. The summed E-state index contributed by atoms with van der Waals surface area (Å²) in [5.41, 5.74) is 1.06. The molecule has 0 aliphatic carbocycles. The van der Waals surface area contributed by atoms with E-state index >= 15 is 0 Å². The summed E-state index contributed by atoms with van der Waals surface area (Å²) in [6, 6.07) is 3.44. The lowest BCUT2D eigenvalue weighted by Gasteiger charge is -1.94. The Kier molecular flexibility index (Phi) is 2.87. The second-order valence-corrected chi connectivity index (χ2v) is 3.24. The molecule has 0 bridgehead atoms. The third-order valence-electron chi connectivity index (χ3n) is 1.97. The first-order valence-corrected chi connectivity index (χ1v) is 5.01. The molecule has 2 heterocycles. The van der Waals surface area contributed by atoms with Crippen molar-refractivity contribution in [2.45, 2.75) is 6.54 Å². The fourth-order valence-corrected chi connectivity index (χ4v) is 1.43. The molecular weight excluding hydrogens is 216 g/mol. The van der Waals surface area contributed by atoms with Gasteiger partial charge < -0.3 is 4.42 Å². The molecule has 0 radical (unpaired) electrons. The van der Waals surface area contributed by atoms with Crippen LogP contribution in [0.5, 0.6) is 0 Å². The highest BCUT2D eigenvalue weighted by Gasteiger charge is 2.07. The van der Waals surface area contributed by atoms with Crippen molar-refractivity contribution >= 4 is 22.8 Å². The van der Waals surface area contributed by atoms with E-state index in [-0.39, 0.29) is 0 Å². The smallest absolute Gasteiger partial charge is 0.406 e. The molecule has 2 aromatic heterocycles. The molecule has 0 spiro atoms. The SMILES string of the molecule is O=c1oc2cccnc2n1CC=CCCl. The van der Waals surface area contributed by atoms with Gasteiger partial charge in [-0.25, -0.2) is 9.78 Å². The Morgan fingerprint density at radius 3 is 3.20 bits per heavy atom. The molecule has 5 heteroatoms. The first kappa shape index (κ1) is 9.98. The number of fused-ring (bicyclic) bond motifs is 1. The summed E-state index contributed by atoms with van der Waals surface area (Å²) < 4.78 is 6.46. The maximum atomic E-state index is 11.4. The van der Waals surface area contributed by atoms with Gasteiger partial charge in [0.05, 0.1) is 0 Å². The number of oxazole rings is 1. The van der Waals surface area contributed by atoms with Crippen LogP contribution in [0, 0.1) is 0 Å². The van der Waals surface area contributed by atoms with Crippen LogP contribution in [0.4, 0.5) is 0 Å². The van der Waals surface area contributed by atoms with Crippen LogP contribution in [0.3, 0.4) is 0 Å². The van der Waals surface area contributed by atoms with Crippen molar-refractivity contribution in [1.29, 1.82) is 0 Å². The maximum absolute atomic E-state index is 11.4. The Morgan fingerprint density at radius 2 is 2.40 bits per heavy atom. The van der Waals surface area contributed by atoms with Crippen molar-refractivity contribution in [2.75, 3.05) is 5.88 Å². The molecule has 0 saturated heterocycles. The molecule has 0 fully saturated rings. The molecule has 78 valence electrons. The quantitative estimate of drug-likeness (QED) is 0.590. The van der Waals surface area contributed by atoms with Gasteiger partial charge in [-0.05, 0) is 12.1 Å². The van der Waals surface area contributed by atoms with Gasteiger partial charge in [0.1, 0.15) is 0 Å². The van der Waals surface area contributed by atoms with Gasteiger partial charge in [-0.3, -0.25) is 4.57 Å². The van der Waals surface area contributed by atoms with E-state index in [9.17, 15) is 4.79 Å². The maximum Gasteiger partial charge on any atom is 0.421 e. The number of hydrogen-bond donors (Lipinski definition) is 0. The lowest BCUT2D eigenvalue weighted by atomic mass is 10.4. The molecule has 0 aliphatic heterocycles. The Labute approximate surface area is 90.8 Å². The summed E-state index contributed by atoms with van der Waals surface area (Å²) in [5.74, 6) is 0.0285. The van der Waals surface area contributed by atoms with Gasteiger partial charge in [0.25, 0.3) is 0 Å². The number of aromatic nitrogens is 2. The van der Waals surface area contributed by atoms with E-state index in [1.165, 1.54) is 4.57 Å². The van der Waals surface area contributed by atoms with Gasteiger partial charge in [0, 0.05) is 18.6 Å². The summed E-state index contributed by atoms with van der Waals surface area (Å²) in [6.07, 6.45) is 5.20. The minimum atomic E-state index is -0.400. The van der Waals surface area contributed by atoms with E-state index in [0.717, 1.165) is 0 Å². The fourth-order valence-electron chi connectivity index (χ4n) is 1.30. The van der Waals surface area contributed by atoms with Crippen molar-refractivity contribution in [3.8, 4) is 0 Å². The lowest BCUT2D eigenvalue weighted by Crippen LogP contribution is -2.13. The summed E-state index contributed by atoms with van der Waals surface area (Å²) in [7, 11) is 0. The van der Waals surface area contributed by atoms with Crippen LogP contribution < -0.4 is 5.76 Å². The van der Waals surface area contributed by atoms with Crippen LogP contribution in [0.1, 0.15) is 0 Å². The number of alkyl halides is 1. The molecule has 0 atom stereocenters. The van der Waals surface area contributed by atoms with Crippen molar-refractivity contribution in [1.82, 2.24) is 9.55 Å². The average Bonchev–Trinajstić information content (AvgIpc) is 2.56. The molecule has 0 N–H and O–H groups in total. The van der Waals surface area contributed by atoms with E-state index in [2.05, 4.69) is 4.98 Å². The monoisotopic (exact) mass is 224 g/mol. The van der Waals surface area contributed by atoms with Crippen molar-refractivity contribution in [3.63, 3.8) is 0 Å². The summed E-state index contributed by atoms with van der Waals surface area (Å²) >= 11 is 5.49. The van der Waals surface area contributed by atoms with E-state index in [1.54, 1.807) is 30.5 Å². The first-order valence-electron chi connectivity index (χ1n) is 4.48. The summed E-state index contributed by atoms with van der Waals surface area (Å²) in [6.45, 7) is 0.426. The van der Waals surface area contributed by atoms with Gasteiger partial charge >= 0.3 is 5.76 Å². The van der Waals surface area contributed by atoms with Crippen LogP contribution in [0.2, 0.25) is 0 Å². The standard InChI is InChI=1S/C10H9ClN2O2/c11-5-1-2-7-13-9-8(15-10(13)14)4-3-6-12-9/h1-4,6H,5,7H2. The highest BCUT2D eigenvalue weighted by Crippen LogP contribution is 2.08. The Morgan fingerprint density at radius 1 is 1.53 bits per heavy atom. The topological polar surface area (TPSA) is 48.0 Å². The third-order valence-corrected chi connectivity index (χ3v) is 2.15. The van der Waals surface area contributed by atoms with Crippen LogP contribution in [-0.4, -0.2) is 15.4 Å². The number of rotatable bonds is 3. The van der Waals surface area contributed by atoms with Gasteiger partial charge in [0.15, 0.2) is 11.2 Å². The zero-order valence-corrected chi connectivity index (χ0v) is 8.65. The van der Waals surface area contributed by atoms with Crippen LogP contribution in [0.15, 0.2) is 39.7 Å². The molecule has 4 nitrogen and oxygen atoms in total. The second-order valence-electron chi connectivity index (χ2n) is 2.93. The largest absolute Gasteiger partial charge is 0.421 e. The Balaban J connectivity index is 2.45. The number of nitrogens with zero attached hydrogens (tertiary/aromatic N) is 2. The van der Waals surface area contributed by atoms with E-state index in [4.69, 9.17) is 16.0 Å². The number of allylic oxidation sites excluding steroid dienone is 2. The summed E-state index contributed by atoms with van der Waals surface area (Å²) in [4.78, 5) is 15.5. The van der Waals surface area contributed by atoms with Crippen molar-refractivity contribution < 1.29 is 4.42 Å². The fraction of sp³-hybridized carbons (Fsp3) is 0.200. The zero-order chi connectivity index (χ0) is 10.7. The molecule has 2 rings (SSSR count). The van der Waals surface area contributed by atoms with Crippen LogP contribution in [-0.2, 0) is 6.54 Å². The molecule has 15 heavy (non-hydrogen) atoms. The van der Waals surface area contributed by atoms with Gasteiger partial charge in [-0.15, -0.1) is 11.6 Å². The predicted molar refractivity (Wildman–Crippen MR) is 58.1 cm³/mol. The number of pyridine rings is 1. The van der Waals surface area contributed by atoms with Crippen LogP contribution >= 0.6 is 11.6 Å². The van der Waals surface area contributed by atoms with Gasteiger partial charge in [-0.1, -0.05) is 12.2 Å². The Bertz CT molecular complexity index is 542. The van der Waals surface area contributed by atoms with Crippen LogP contribution in [0.25, 0.3) is 11.2 Å². The molecule has 2 aromatic rings. The minimum Gasteiger partial charge on any atom is -0.406 e. The third kappa shape index (κ3) is 1.94. The number of halogens is 1. The highest BCUT2D eigenvalue weighted by molar-refractivity contribution is 6.18. The summed E-state index contributed by atoms with van der Waals surface area (Å²) in [5, 5.41) is 0. The predicted octanol–water partition coefficient (Wildman–Crippen LogP) is 1.78. The van der Waals surface area contributed by atoms with E-state index < -0.39 is 5.76 Å². The second kappa shape index (κ2) is 4.31. The molecule has 0 aliphatic rings. The molecular formula is C10H9ClN2O2.